The topological polar surface area (TPSA) is 59.4 Å². The molecule has 2 rings (SSSR count). The Bertz CT molecular complexity index is 438. The fraction of sp³-hybridized carbons (Fsp3) is 0.692. The van der Waals surface area contributed by atoms with E-state index in [0.29, 0.717) is 6.54 Å². The van der Waals surface area contributed by atoms with Crippen LogP contribution in [0, 0.1) is 0 Å². The molecule has 0 bridgehead atoms. The molecule has 0 saturated carbocycles. The van der Waals surface area contributed by atoms with Crippen molar-refractivity contribution in [2.75, 3.05) is 26.7 Å². The van der Waals surface area contributed by atoms with Gasteiger partial charge in [-0.1, -0.05) is 0 Å². The van der Waals surface area contributed by atoms with E-state index >= 15 is 0 Å². The largest absolute Gasteiger partial charge is 0.377 e. The van der Waals surface area contributed by atoms with Gasteiger partial charge in [0.25, 0.3) is 0 Å². The van der Waals surface area contributed by atoms with Gasteiger partial charge in [0.05, 0.1) is 12.3 Å². The summed E-state index contributed by atoms with van der Waals surface area (Å²) in [6.45, 7) is 4.13. The molecule has 2 heterocycles. The first-order valence-electron chi connectivity index (χ1n) is 6.68. The maximum atomic E-state index is 12.6. The van der Waals surface area contributed by atoms with Crippen molar-refractivity contribution in [2.45, 2.75) is 25.5 Å². The number of aryl methyl sites for hydroxylation is 1. The summed E-state index contributed by atoms with van der Waals surface area (Å²) in [5.74, 6) is 0.0906. The van der Waals surface area contributed by atoms with Gasteiger partial charge in [0.1, 0.15) is 6.04 Å². The molecule has 7 heteroatoms. The molecule has 1 aromatic heterocycles. The number of rotatable bonds is 3. The average molecular weight is 303 g/mol. The summed E-state index contributed by atoms with van der Waals surface area (Å²) in [6, 6.07) is -0.334. The van der Waals surface area contributed by atoms with E-state index in [-0.39, 0.29) is 30.5 Å². The van der Waals surface area contributed by atoms with Crippen LogP contribution >= 0.6 is 12.4 Å². The summed E-state index contributed by atoms with van der Waals surface area (Å²) < 4.78 is 7.29. The van der Waals surface area contributed by atoms with Gasteiger partial charge in [-0.25, -0.2) is 0 Å². The number of nitrogens with one attached hydrogen (secondary N) is 1. The van der Waals surface area contributed by atoms with Crippen molar-refractivity contribution in [1.82, 2.24) is 20.0 Å². The molecule has 0 radical (unpaired) electrons. The van der Waals surface area contributed by atoms with Gasteiger partial charge >= 0.3 is 0 Å². The van der Waals surface area contributed by atoms with E-state index in [1.807, 2.05) is 25.1 Å². The Hall–Kier alpha value is -1.11. The summed E-state index contributed by atoms with van der Waals surface area (Å²) in [7, 11) is 3.65. The third kappa shape index (κ3) is 3.94. The van der Waals surface area contributed by atoms with Crippen molar-refractivity contribution < 1.29 is 9.53 Å². The lowest BCUT2D eigenvalue weighted by molar-refractivity contribution is -0.134. The van der Waals surface area contributed by atoms with Crippen LogP contribution in [0.5, 0.6) is 0 Å². The number of nitrogens with zero attached hydrogens (tertiary/aromatic N) is 3. The van der Waals surface area contributed by atoms with Gasteiger partial charge in [-0.15, -0.1) is 12.4 Å². The van der Waals surface area contributed by atoms with Crippen molar-refractivity contribution >= 4 is 18.3 Å². The van der Waals surface area contributed by atoms with E-state index in [1.54, 1.807) is 17.9 Å². The smallest absolute Gasteiger partial charge is 0.244 e. The Balaban J connectivity index is 0.00000200. The van der Waals surface area contributed by atoms with Crippen LogP contribution in [0.1, 0.15) is 24.9 Å². The Labute approximate surface area is 125 Å². The highest BCUT2D eigenvalue weighted by molar-refractivity contribution is 5.85. The quantitative estimate of drug-likeness (QED) is 0.895. The standard InChI is InChI=1S/C13H22N4O2.ClH/c1-10-8-17(5-4-6-19-10)13(18)12(14-2)11-7-15-16(3)9-11;/h7,9-10,12,14H,4-6,8H2,1-3H3;1H. The highest BCUT2D eigenvalue weighted by atomic mass is 35.5. The third-order valence-electron chi connectivity index (χ3n) is 3.36. The molecule has 1 N–H and O–H groups in total. The van der Waals surface area contributed by atoms with E-state index < -0.39 is 0 Å². The molecule has 1 amide bonds. The van der Waals surface area contributed by atoms with Gasteiger partial charge in [0.2, 0.25) is 5.91 Å². The van der Waals surface area contributed by atoms with E-state index in [1.165, 1.54) is 0 Å². The second-order valence-corrected chi connectivity index (χ2v) is 4.99. The van der Waals surface area contributed by atoms with Gasteiger partial charge in [0.15, 0.2) is 0 Å². The minimum Gasteiger partial charge on any atom is -0.377 e. The van der Waals surface area contributed by atoms with Crippen LogP contribution in [0.2, 0.25) is 0 Å². The number of hydrogen-bond donors (Lipinski definition) is 1. The summed E-state index contributed by atoms with van der Waals surface area (Å²) in [5.41, 5.74) is 0.896. The maximum Gasteiger partial charge on any atom is 0.244 e. The Morgan fingerprint density at radius 1 is 1.60 bits per heavy atom. The zero-order valence-electron chi connectivity index (χ0n) is 12.2. The monoisotopic (exact) mass is 302 g/mol. The normalized spacial score (nSPS) is 20.9. The molecule has 1 aliphatic rings. The second-order valence-electron chi connectivity index (χ2n) is 4.99. The maximum absolute atomic E-state index is 12.6. The lowest BCUT2D eigenvalue weighted by Crippen LogP contribution is -2.42. The van der Waals surface area contributed by atoms with Crippen molar-refractivity contribution in [3.63, 3.8) is 0 Å². The number of amides is 1. The fourth-order valence-corrected chi connectivity index (χ4v) is 2.40. The number of likely N-dealkylation sites (N-methyl/N-ethyl adjacent to an activating group) is 1. The number of halogens is 1. The summed E-state index contributed by atoms with van der Waals surface area (Å²) in [4.78, 5) is 14.5. The molecule has 20 heavy (non-hydrogen) atoms. The highest BCUT2D eigenvalue weighted by Crippen LogP contribution is 2.17. The van der Waals surface area contributed by atoms with Gasteiger partial charge in [-0.3, -0.25) is 9.48 Å². The van der Waals surface area contributed by atoms with Crippen molar-refractivity contribution in [2.24, 2.45) is 7.05 Å². The minimum atomic E-state index is -0.334. The van der Waals surface area contributed by atoms with E-state index in [2.05, 4.69) is 10.4 Å². The molecule has 0 spiro atoms. The van der Waals surface area contributed by atoms with Gasteiger partial charge in [0, 0.05) is 38.5 Å². The average Bonchev–Trinajstić information content (AvgIpc) is 2.68. The summed E-state index contributed by atoms with van der Waals surface area (Å²) in [5, 5.41) is 7.21. The van der Waals surface area contributed by atoms with Gasteiger partial charge in [-0.05, 0) is 20.4 Å². The Morgan fingerprint density at radius 3 is 2.95 bits per heavy atom. The highest BCUT2D eigenvalue weighted by Gasteiger charge is 2.27. The van der Waals surface area contributed by atoms with Crippen molar-refractivity contribution in [3.8, 4) is 0 Å². The predicted octanol–water partition coefficient (Wildman–Crippen LogP) is 0.740. The lowest BCUT2D eigenvalue weighted by atomic mass is 10.1. The third-order valence-corrected chi connectivity index (χ3v) is 3.36. The van der Waals surface area contributed by atoms with Crippen LogP contribution in [-0.4, -0.2) is 53.4 Å². The first-order chi connectivity index (χ1) is 9.11. The minimum absolute atomic E-state index is 0. The van der Waals surface area contributed by atoms with Crippen LogP contribution in [0.25, 0.3) is 0 Å². The van der Waals surface area contributed by atoms with Crippen LogP contribution in [0.4, 0.5) is 0 Å². The van der Waals surface area contributed by atoms with E-state index in [9.17, 15) is 4.79 Å². The number of carbonyl (C=O) groups excluding carboxylic acids is 1. The zero-order valence-corrected chi connectivity index (χ0v) is 13.0. The van der Waals surface area contributed by atoms with Crippen molar-refractivity contribution in [1.29, 1.82) is 0 Å². The predicted molar refractivity (Wildman–Crippen MR) is 78.9 cm³/mol. The number of hydrogen-bond acceptors (Lipinski definition) is 4. The molecular weight excluding hydrogens is 280 g/mol. The number of aromatic nitrogens is 2. The molecule has 0 aromatic carbocycles. The first kappa shape index (κ1) is 16.9. The molecule has 6 nitrogen and oxygen atoms in total. The molecule has 1 aliphatic heterocycles. The number of ether oxygens (including phenoxy) is 1. The fourth-order valence-electron chi connectivity index (χ4n) is 2.40. The molecule has 2 atom stereocenters. The summed E-state index contributed by atoms with van der Waals surface area (Å²) in [6.07, 6.45) is 4.59. The zero-order chi connectivity index (χ0) is 13.8. The first-order valence-corrected chi connectivity index (χ1v) is 6.68. The molecular formula is C13H23ClN4O2. The second kappa shape index (κ2) is 7.61. The number of carbonyl (C=O) groups is 1. The van der Waals surface area contributed by atoms with Gasteiger partial charge in [-0.2, -0.15) is 5.10 Å². The van der Waals surface area contributed by atoms with Crippen LogP contribution in [0.15, 0.2) is 12.4 Å². The summed E-state index contributed by atoms with van der Waals surface area (Å²) >= 11 is 0. The molecule has 1 aromatic rings. The van der Waals surface area contributed by atoms with Crippen LogP contribution < -0.4 is 5.32 Å². The van der Waals surface area contributed by atoms with E-state index in [4.69, 9.17) is 4.74 Å². The van der Waals surface area contributed by atoms with Crippen LogP contribution in [-0.2, 0) is 16.6 Å². The molecule has 1 fully saturated rings. The lowest BCUT2D eigenvalue weighted by Gasteiger charge is -2.26. The van der Waals surface area contributed by atoms with Gasteiger partial charge < -0.3 is 15.0 Å². The van der Waals surface area contributed by atoms with Crippen LogP contribution in [0.3, 0.4) is 0 Å². The van der Waals surface area contributed by atoms with Crippen molar-refractivity contribution in [3.05, 3.63) is 18.0 Å². The molecule has 1 saturated heterocycles. The SMILES string of the molecule is CNC(C(=O)N1CCCOC(C)C1)c1cnn(C)c1.Cl. The Kier molecular flexibility index (Phi) is 6.45. The Morgan fingerprint density at radius 2 is 2.35 bits per heavy atom. The molecule has 2 unspecified atom stereocenters. The molecule has 0 aliphatic carbocycles. The molecule has 114 valence electrons. The van der Waals surface area contributed by atoms with E-state index in [0.717, 1.165) is 25.1 Å².